The summed E-state index contributed by atoms with van der Waals surface area (Å²) in [5, 5.41) is 10.7. The van der Waals surface area contributed by atoms with Gasteiger partial charge in [0.2, 0.25) is 0 Å². The largest absolute Gasteiger partial charge is 0.496 e. The Morgan fingerprint density at radius 2 is 1.60 bits per heavy atom. The minimum absolute atomic E-state index is 0.518. The molecule has 0 aliphatic carbocycles. The molecule has 1 N–H and O–H groups in total. The molecule has 0 spiro atoms. The molecule has 0 heterocycles. The van der Waals surface area contributed by atoms with Crippen molar-refractivity contribution in [1.82, 2.24) is 0 Å². The normalized spacial score (nSPS) is 13.0. The van der Waals surface area contributed by atoms with Crippen LogP contribution in [0.4, 0.5) is 0 Å². The number of benzene rings is 1. The molecule has 1 aromatic carbocycles. The molecule has 2 atom stereocenters. The van der Waals surface area contributed by atoms with E-state index in [9.17, 15) is 5.11 Å². The topological polar surface area (TPSA) is 29.5 Å². The first-order valence-electron chi connectivity index (χ1n) is 10.7. The van der Waals surface area contributed by atoms with Crippen LogP contribution >= 0.6 is 0 Å². The highest BCUT2D eigenvalue weighted by atomic mass is 28.3. The number of methoxy groups -OCH3 is 1. The predicted octanol–water partition coefficient (Wildman–Crippen LogP) is 5.84. The van der Waals surface area contributed by atoms with Crippen molar-refractivity contribution in [2.45, 2.75) is 78.0 Å². The lowest BCUT2D eigenvalue weighted by Crippen LogP contribution is -2.16. The van der Waals surface area contributed by atoms with E-state index < -0.39 is 22.3 Å². The quantitative estimate of drug-likeness (QED) is 0.446. The Hall–Kier alpha value is -1.91. The first kappa shape index (κ1) is 26.1. The predicted molar refractivity (Wildman–Crippen MR) is 135 cm³/mol. The SMILES string of the molecule is COc1cccc(C(O)C#CCC[C@@H](C)CC#C[Si](C)(C)C)c1CC#C[Si](C)(C)C. The second-order valence-electron chi connectivity index (χ2n) is 9.88. The van der Waals surface area contributed by atoms with Crippen molar-refractivity contribution < 1.29 is 9.84 Å². The number of rotatable bonds is 6. The van der Waals surface area contributed by atoms with Crippen LogP contribution in [0.2, 0.25) is 39.3 Å². The van der Waals surface area contributed by atoms with E-state index in [1.165, 1.54) is 0 Å². The third-order valence-corrected chi connectivity index (χ3v) is 6.18. The van der Waals surface area contributed by atoms with Crippen molar-refractivity contribution in [1.29, 1.82) is 0 Å². The fourth-order valence-electron chi connectivity index (χ4n) is 2.77. The van der Waals surface area contributed by atoms with Gasteiger partial charge in [0.25, 0.3) is 0 Å². The molecule has 4 heteroatoms. The lowest BCUT2D eigenvalue weighted by molar-refractivity contribution is 0.236. The summed E-state index contributed by atoms with van der Waals surface area (Å²) in [6.07, 6.45) is 2.42. The highest BCUT2D eigenvalue weighted by Crippen LogP contribution is 2.27. The van der Waals surface area contributed by atoms with E-state index in [-0.39, 0.29) is 0 Å². The molecule has 1 unspecified atom stereocenters. The van der Waals surface area contributed by atoms with Gasteiger partial charge in [-0.15, -0.1) is 28.8 Å². The van der Waals surface area contributed by atoms with Gasteiger partial charge in [-0.3, -0.25) is 0 Å². The van der Waals surface area contributed by atoms with Gasteiger partial charge in [-0.1, -0.05) is 64.3 Å². The summed E-state index contributed by atoms with van der Waals surface area (Å²) in [5.74, 6) is 14.1. The van der Waals surface area contributed by atoms with Gasteiger partial charge in [-0.25, -0.2) is 0 Å². The van der Waals surface area contributed by atoms with Crippen LogP contribution in [-0.4, -0.2) is 28.4 Å². The van der Waals surface area contributed by atoms with E-state index in [0.717, 1.165) is 36.1 Å². The number of aliphatic hydroxyl groups is 1. The Morgan fingerprint density at radius 3 is 2.20 bits per heavy atom. The minimum Gasteiger partial charge on any atom is -0.496 e. The lowest BCUT2D eigenvalue weighted by atomic mass is 9.98. The molecular weight excluding hydrogens is 400 g/mol. The van der Waals surface area contributed by atoms with Crippen LogP contribution in [0, 0.1) is 40.7 Å². The number of ether oxygens (including phenoxy) is 1. The third kappa shape index (κ3) is 10.8. The fraction of sp³-hybridized carbons (Fsp3) is 0.538. The summed E-state index contributed by atoms with van der Waals surface area (Å²) >= 11 is 0. The molecular formula is C26H38O2Si2. The summed E-state index contributed by atoms with van der Waals surface area (Å²) in [4.78, 5) is 0. The van der Waals surface area contributed by atoms with Crippen molar-refractivity contribution in [3.63, 3.8) is 0 Å². The standard InChI is InChI=1S/C26H38O2Si2/c1-22(15-12-20-29(3,4)5)14-9-10-18-25(27)23-16-11-19-26(28-2)24(23)17-13-21-30(6,7)8/h11,16,19,22,25,27H,9,14-15,17H2,1-8H3/t22-,25?/m1/s1. The van der Waals surface area contributed by atoms with Gasteiger partial charge in [-0.05, 0) is 18.4 Å². The van der Waals surface area contributed by atoms with Crippen molar-refractivity contribution in [2.75, 3.05) is 7.11 Å². The first-order valence-corrected chi connectivity index (χ1v) is 17.7. The highest BCUT2D eigenvalue weighted by molar-refractivity contribution is 6.84. The van der Waals surface area contributed by atoms with E-state index in [1.54, 1.807) is 7.11 Å². The molecule has 0 saturated carbocycles. The maximum Gasteiger partial charge on any atom is 0.140 e. The van der Waals surface area contributed by atoms with Crippen LogP contribution in [0.15, 0.2) is 18.2 Å². The van der Waals surface area contributed by atoms with Crippen molar-refractivity contribution in [3.05, 3.63) is 29.3 Å². The molecule has 0 aliphatic heterocycles. The molecule has 0 radical (unpaired) electrons. The van der Waals surface area contributed by atoms with Crippen LogP contribution in [0.1, 0.15) is 43.4 Å². The molecule has 0 saturated heterocycles. The maximum atomic E-state index is 10.7. The Morgan fingerprint density at radius 1 is 0.967 bits per heavy atom. The summed E-state index contributed by atoms with van der Waals surface area (Å²) in [5.41, 5.74) is 8.53. The van der Waals surface area contributed by atoms with Crippen molar-refractivity contribution >= 4 is 16.1 Å². The molecule has 2 nitrogen and oxygen atoms in total. The van der Waals surface area contributed by atoms with Crippen LogP contribution < -0.4 is 4.74 Å². The van der Waals surface area contributed by atoms with Crippen LogP contribution in [0.25, 0.3) is 0 Å². The van der Waals surface area contributed by atoms with Gasteiger partial charge in [0.05, 0.1) is 7.11 Å². The molecule has 0 fully saturated rings. The van der Waals surface area contributed by atoms with E-state index in [4.69, 9.17) is 4.74 Å². The Labute approximate surface area is 186 Å². The van der Waals surface area contributed by atoms with E-state index >= 15 is 0 Å². The zero-order valence-corrected chi connectivity index (χ0v) is 22.1. The minimum atomic E-state index is -1.44. The zero-order chi connectivity index (χ0) is 22.8. The second kappa shape index (κ2) is 12.1. The molecule has 1 rings (SSSR count). The molecule has 162 valence electrons. The maximum absolute atomic E-state index is 10.7. The molecule has 0 amide bonds. The average Bonchev–Trinajstić information content (AvgIpc) is 2.63. The summed E-state index contributed by atoms with van der Waals surface area (Å²) in [7, 11) is -1.08. The van der Waals surface area contributed by atoms with Gasteiger partial charge in [-0.2, -0.15) is 0 Å². The second-order valence-corrected chi connectivity index (χ2v) is 19.4. The van der Waals surface area contributed by atoms with Crippen LogP contribution in [0.3, 0.4) is 0 Å². The smallest absolute Gasteiger partial charge is 0.140 e. The summed E-state index contributed by atoms with van der Waals surface area (Å²) < 4.78 is 5.51. The molecule has 1 aromatic rings. The Kier molecular flexibility index (Phi) is 10.5. The first-order chi connectivity index (χ1) is 13.9. The van der Waals surface area contributed by atoms with Crippen LogP contribution in [-0.2, 0) is 6.42 Å². The number of aliphatic hydroxyl groups excluding tert-OH is 1. The van der Waals surface area contributed by atoms with E-state index in [0.29, 0.717) is 12.3 Å². The molecule has 0 aromatic heterocycles. The third-order valence-electron chi connectivity index (χ3n) is 4.33. The monoisotopic (exact) mass is 438 g/mol. The Bertz CT molecular complexity index is 872. The van der Waals surface area contributed by atoms with E-state index in [1.807, 2.05) is 18.2 Å². The molecule has 0 bridgehead atoms. The van der Waals surface area contributed by atoms with Gasteiger partial charge in [0.1, 0.15) is 28.0 Å². The highest BCUT2D eigenvalue weighted by Gasteiger charge is 2.14. The average molecular weight is 439 g/mol. The van der Waals surface area contributed by atoms with Crippen molar-refractivity contribution in [2.24, 2.45) is 5.92 Å². The number of hydrogen-bond acceptors (Lipinski definition) is 2. The zero-order valence-electron chi connectivity index (χ0n) is 20.1. The van der Waals surface area contributed by atoms with Gasteiger partial charge >= 0.3 is 0 Å². The summed E-state index contributed by atoms with van der Waals surface area (Å²) in [6.45, 7) is 15.7. The molecule has 0 aliphatic rings. The van der Waals surface area contributed by atoms with Gasteiger partial charge in [0.15, 0.2) is 0 Å². The van der Waals surface area contributed by atoms with Crippen LogP contribution in [0.5, 0.6) is 5.75 Å². The number of hydrogen-bond donors (Lipinski definition) is 1. The molecule has 30 heavy (non-hydrogen) atoms. The Balaban J connectivity index is 2.81. The van der Waals surface area contributed by atoms with Crippen molar-refractivity contribution in [3.8, 4) is 40.5 Å². The van der Waals surface area contributed by atoms with Gasteiger partial charge < -0.3 is 9.84 Å². The lowest BCUT2D eigenvalue weighted by Gasteiger charge is -2.14. The van der Waals surface area contributed by atoms with Gasteiger partial charge in [0, 0.05) is 30.4 Å². The summed E-state index contributed by atoms with van der Waals surface area (Å²) in [6, 6.07) is 5.73. The van der Waals surface area contributed by atoms with E-state index in [2.05, 4.69) is 81.0 Å². The fourth-order valence-corrected chi connectivity index (χ4v) is 4.03.